The fourth-order valence-electron chi connectivity index (χ4n) is 2.81. The van der Waals surface area contributed by atoms with Crippen molar-refractivity contribution in [2.45, 2.75) is 20.0 Å². The van der Waals surface area contributed by atoms with E-state index in [4.69, 9.17) is 25.8 Å². The van der Waals surface area contributed by atoms with Gasteiger partial charge >= 0.3 is 5.97 Å². The number of ether oxygens (including phenoxy) is 3. The summed E-state index contributed by atoms with van der Waals surface area (Å²) in [4.78, 5) is 38.1. The molecular weight excluding hydrogens is 412 g/mol. The molecule has 1 N–H and O–H groups in total. The minimum absolute atomic E-state index is 0.199. The average Bonchev–Trinajstić information content (AvgIpc) is 2.72. The lowest BCUT2D eigenvalue weighted by molar-refractivity contribution is -0.152. The Kier molecular flexibility index (Phi) is 6.79. The summed E-state index contributed by atoms with van der Waals surface area (Å²) in [5, 5.41) is 3.06. The number of rotatable bonds is 7. The SMILES string of the molecule is CCOc1ccc(NC(=O)C(C)OC(=O)CN2C(=O)COc3ccc(Cl)cc32)cc1. The quantitative estimate of drug-likeness (QED) is 0.676. The Labute approximate surface area is 178 Å². The molecule has 1 aliphatic heterocycles. The molecule has 1 heterocycles. The number of nitrogens with one attached hydrogen (secondary N) is 1. The van der Waals surface area contributed by atoms with E-state index in [-0.39, 0.29) is 13.2 Å². The van der Waals surface area contributed by atoms with E-state index >= 15 is 0 Å². The number of hydrogen-bond donors (Lipinski definition) is 1. The van der Waals surface area contributed by atoms with Crippen LogP contribution < -0.4 is 19.7 Å². The molecule has 1 unspecified atom stereocenters. The highest BCUT2D eigenvalue weighted by Gasteiger charge is 2.29. The molecule has 0 bridgehead atoms. The van der Waals surface area contributed by atoms with Crippen molar-refractivity contribution in [2.24, 2.45) is 0 Å². The summed E-state index contributed by atoms with van der Waals surface area (Å²) >= 11 is 5.99. The van der Waals surface area contributed by atoms with E-state index in [1.807, 2.05) is 6.92 Å². The molecule has 0 fully saturated rings. The van der Waals surface area contributed by atoms with Gasteiger partial charge in [-0.2, -0.15) is 0 Å². The maximum Gasteiger partial charge on any atom is 0.326 e. The Morgan fingerprint density at radius 3 is 2.67 bits per heavy atom. The van der Waals surface area contributed by atoms with Crippen LogP contribution in [0.3, 0.4) is 0 Å². The summed E-state index contributed by atoms with van der Waals surface area (Å²) in [5.41, 5.74) is 0.917. The molecule has 0 aromatic heterocycles. The molecule has 0 spiro atoms. The number of carbonyl (C=O) groups is 3. The van der Waals surface area contributed by atoms with Gasteiger partial charge in [-0.3, -0.25) is 19.3 Å². The largest absolute Gasteiger partial charge is 0.494 e. The van der Waals surface area contributed by atoms with Gasteiger partial charge in [0.2, 0.25) is 0 Å². The standard InChI is InChI=1S/C21H21ClN2O6/c1-3-28-16-7-5-15(6-8-16)23-21(27)13(2)30-20(26)11-24-17-10-14(22)4-9-18(17)29-12-19(24)25/h4-10,13H,3,11-12H2,1-2H3,(H,23,27). The fraction of sp³-hybridized carbons (Fsp3) is 0.286. The third kappa shape index (κ3) is 5.21. The van der Waals surface area contributed by atoms with Crippen LogP contribution in [0.15, 0.2) is 42.5 Å². The van der Waals surface area contributed by atoms with E-state index < -0.39 is 23.9 Å². The lowest BCUT2D eigenvalue weighted by Crippen LogP contribution is -2.43. The zero-order valence-electron chi connectivity index (χ0n) is 16.5. The fourth-order valence-corrected chi connectivity index (χ4v) is 2.98. The van der Waals surface area contributed by atoms with Crippen LogP contribution in [0.1, 0.15) is 13.8 Å². The van der Waals surface area contributed by atoms with Crippen molar-refractivity contribution >= 4 is 40.8 Å². The van der Waals surface area contributed by atoms with E-state index in [0.717, 1.165) is 0 Å². The van der Waals surface area contributed by atoms with Gasteiger partial charge in [0.15, 0.2) is 12.7 Å². The Bertz CT molecular complexity index is 947. The maximum absolute atomic E-state index is 12.3. The summed E-state index contributed by atoms with van der Waals surface area (Å²) in [6.45, 7) is 3.31. The Hall–Kier alpha value is -3.26. The molecule has 30 heavy (non-hydrogen) atoms. The molecule has 2 aromatic carbocycles. The first-order chi connectivity index (χ1) is 14.4. The second kappa shape index (κ2) is 9.49. The summed E-state index contributed by atoms with van der Waals surface area (Å²) in [7, 11) is 0. The van der Waals surface area contributed by atoms with Gasteiger partial charge in [0.1, 0.15) is 18.0 Å². The van der Waals surface area contributed by atoms with Gasteiger partial charge in [-0.05, 0) is 56.3 Å². The zero-order valence-corrected chi connectivity index (χ0v) is 17.3. The average molecular weight is 433 g/mol. The minimum Gasteiger partial charge on any atom is -0.494 e. The third-order valence-corrected chi connectivity index (χ3v) is 4.50. The molecule has 2 aromatic rings. The number of carbonyl (C=O) groups excluding carboxylic acids is 3. The number of esters is 1. The van der Waals surface area contributed by atoms with Crippen molar-refractivity contribution in [3.63, 3.8) is 0 Å². The van der Waals surface area contributed by atoms with Crippen LogP contribution in [0.2, 0.25) is 5.02 Å². The summed E-state index contributed by atoms with van der Waals surface area (Å²) in [6.07, 6.45) is -1.06. The summed E-state index contributed by atoms with van der Waals surface area (Å²) in [6, 6.07) is 11.6. The van der Waals surface area contributed by atoms with Crippen LogP contribution in [0.25, 0.3) is 0 Å². The van der Waals surface area contributed by atoms with E-state index in [9.17, 15) is 14.4 Å². The third-order valence-electron chi connectivity index (χ3n) is 4.26. The topological polar surface area (TPSA) is 94.2 Å². The van der Waals surface area contributed by atoms with Crippen LogP contribution in [-0.2, 0) is 19.1 Å². The van der Waals surface area contributed by atoms with Crippen molar-refractivity contribution in [1.29, 1.82) is 0 Å². The van der Waals surface area contributed by atoms with Crippen LogP contribution in [-0.4, -0.2) is 43.6 Å². The minimum atomic E-state index is -1.06. The molecule has 1 atom stereocenters. The van der Waals surface area contributed by atoms with Gasteiger partial charge in [0.25, 0.3) is 11.8 Å². The molecule has 8 nitrogen and oxygen atoms in total. The molecule has 9 heteroatoms. The number of hydrogen-bond acceptors (Lipinski definition) is 6. The van der Waals surface area contributed by atoms with Crippen LogP contribution >= 0.6 is 11.6 Å². The molecule has 1 aliphatic rings. The Morgan fingerprint density at radius 1 is 1.23 bits per heavy atom. The second-order valence-corrected chi connectivity index (χ2v) is 6.90. The van der Waals surface area contributed by atoms with Crippen molar-refractivity contribution in [3.8, 4) is 11.5 Å². The lowest BCUT2D eigenvalue weighted by atomic mass is 10.2. The highest BCUT2D eigenvalue weighted by atomic mass is 35.5. The molecule has 158 valence electrons. The number of benzene rings is 2. The predicted molar refractivity (Wildman–Crippen MR) is 111 cm³/mol. The Morgan fingerprint density at radius 2 is 1.97 bits per heavy atom. The van der Waals surface area contributed by atoms with Gasteiger partial charge in [-0.25, -0.2) is 0 Å². The van der Waals surface area contributed by atoms with Crippen LogP contribution in [0.4, 0.5) is 11.4 Å². The molecule has 0 saturated carbocycles. The van der Waals surface area contributed by atoms with Gasteiger partial charge in [-0.15, -0.1) is 0 Å². The first-order valence-electron chi connectivity index (χ1n) is 9.33. The van der Waals surface area contributed by atoms with Crippen molar-refractivity contribution in [1.82, 2.24) is 0 Å². The lowest BCUT2D eigenvalue weighted by Gasteiger charge is -2.29. The smallest absolute Gasteiger partial charge is 0.326 e. The Balaban J connectivity index is 1.58. The number of halogens is 1. The van der Waals surface area contributed by atoms with Crippen molar-refractivity contribution < 1.29 is 28.6 Å². The van der Waals surface area contributed by atoms with Gasteiger partial charge < -0.3 is 19.5 Å². The highest BCUT2D eigenvalue weighted by Crippen LogP contribution is 2.34. The van der Waals surface area contributed by atoms with Gasteiger partial charge in [0.05, 0.1) is 12.3 Å². The molecule has 3 rings (SSSR count). The van der Waals surface area contributed by atoms with Crippen LogP contribution in [0.5, 0.6) is 11.5 Å². The number of anilines is 2. The zero-order chi connectivity index (χ0) is 21.7. The molecule has 0 radical (unpaired) electrons. The first kappa shape index (κ1) is 21.4. The highest BCUT2D eigenvalue weighted by molar-refractivity contribution is 6.31. The molecule has 2 amide bonds. The van der Waals surface area contributed by atoms with E-state index in [2.05, 4.69) is 5.32 Å². The molecular formula is C21H21ClN2O6. The molecule has 0 saturated heterocycles. The predicted octanol–water partition coefficient (Wildman–Crippen LogP) is 3.03. The van der Waals surface area contributed by atoms with E-state index in [1.54, 1.807) is 36.4 Å². The molecule has 0 aliphatic carbocycles. The summed E-state index contributed by atoms with van der Waals surface area (Å²) < 4.78 is 15.9. The number of fused-ring (bicyclic) bond motifs is 1. The normalized spacial score (nSPS) is 13.7. The van der Waals surface area contributed by atoms with Crippen LogP contribution in [0, 0.1) is 0 Å². The van der Waals surface area contributed by atoms with E-state index in [0.29, 0.717) is 34.5 Å². The van der Waals surface area contributed by atoms with Crippen molar-refractivity contribution in [3.05, 3.63) is 47.5 Å². The first-order valence-corrected chi connectivity index (χ1v) is 9.71. The van der Waals surface area contributed by atoms with E-state index in [1.165, 1.54) is 17.9 Å². The number of nitrogens with zero attached hydrogens (tertiary/aromatic N) is 1. The number of amides is 2. The van der Waals surface area contributed by atoms with Gasteiger partial charge in [0, 0.05) is 10.7 Å². The second-order valence-electron chi connectivity index (χ2n) is 6.46. The maximum atomic E-state index is 12.3. The summed E-state index contributed by atoms with van der Waals surface area (Å²) in [5.74, 6) is -0.512. The van der Waals surface area contributed by atoms with Crippen molar-refractivity contribution in [2.75, 3.05) is 30.0 Å². The van der Waals surface area contributed by atoms with Gasteiger partial charge in [-0.1, -0.05) is 11.6 Å². The monoisotopic (exact) mass is 432 g/mol.